The van der Waals surface area contributed by atoms with Crippen LogP contribution in [-0.4, -0.2) is 86.4 Å². The lowest BCUT2D eigenvalue weighted by Crippen LogP contribution is -2.49. The number of nitrogens with zero attached hydrogens (tertiary/aromatic N) is 6. The number of ether oxygens (including phenoxy) is 2. The standard InChI is InChI=1S/C27H25ClN6O4/c28-18-6-8-19(9-7-18)34-24(29-30-31-34)23(17-4-2-1-3-5-17)33-16-27-11-10-20(38-27)21(22(27)26(33)36)25(35)32-12-14-37-15-13-32/h1-11,20-23H,12-16H2/t20-,21-,22-,23-,27-/m1/s1. The maximum absolute atomic E-state index is 14.3. The molecular formula is C27H25ClN6O4. The molecule has 1 spiro atoms. The first-order valence-electron chi connectivity index (χ1n) is 12.7. The van der Waals surface area contributed by atoms with Crippen molar-refractivity contribution in [1.82, 2.24) is 30.0 Å². The second-order valence-corrected chi connectivity index (χ2v) is 10.5. The highest BCUT2D eigenvalue weighted by atomic mass is 35.5. The van der Waals surface area contributed by atoms with Crippen LogP contribution in [0.2, 0.25) is 5.02 Å². The van der Waals surface area contributed by atoms with Crippen molar-refractivity contribution in [3.05, 3.63) is 83.2 Å². The molecule has 3 fully saturated rings. The molecule has 5 atom stereocenters. The van der Waals surface area contributed by atoms with E-state index in [1.807, 2.05) is 54.6 Å². The summed E-state index contributed by atoms with van der Waals surface area (Å²) in [6.45, 7) is 2.33. The molecule has 11 heteroatoms. The number of morpholine rings is 1. The quantitative estimate of drug-likeness (QED) is 0.463. The van der Waals surface area contributed by atoms with Gasteiger partial charge < -0.3 is 19.3 Å². The average Bonchev–Trinajstić information content (AvgIpc) is 3.72. The van der Waals surface area contributed by atoms with Crippen molar-refractivity contribution in [1.29, 1.82) is 0 Å². The van der Waals surface area contributed by atoms with Crippen LogP contribution in [-0.2, 0) is 19.1 Å². The predicted molar refractivity (Wildman–Crippen MR) is 135 cm³/mol. The number of amides is 2. The Hall–Kier alpha value is -3.60. The van der Waals surface area contributed by atoms with Gasteiger partial charge in [0, 0.05) is 18.1 Å². The minimum absolute atomic E-state index is 0.0491. The summed E-state index contributed by atoms with van der Waals surface area (Å²) >= 11 is 6.11. The second kappa shape index (κ2) is 9.00. The summed E-state index contributed by atoms with van der Waals surface area (Å²) in [6.07, 6.45) is 3.50. The molecule has 2 bridgehead atoms. The van der Waals surface area contributed by atoms with E-state index in [4.69, 9.17) is 21.1 Å². The lowest BCUT2D eigenvalue weighted by Gasteiger charge is -2.33. The number of carbonyl (C=O) groups is 2. The third-order valence-corrected chi connectivity index (χ3v) is 8.23. The molecule has 4 aliphatic heterocycles. The second-order valence-electron chi connectivity index (χ2n) is 10.0. The minimum atomic E-state index is -0.861. The fourth-order valence-electron chi connectivity index (χ4n) is 6.26. The maximum atomic E-state index is 14.3. The molecule has 0 aliphatic carbocycles. The van der Waals surface area contributed by atoms with E-state index in [2.05, 4.69) is 15.5 Å². The van der Waals surface area contributed by atoms with Crippen LogP contribution in [0.25, 0.3) is 5.69 Å². The number of likely N-dealkylation sites (tertiary alicyclic amines) is 1. The Morgan fingerprint density at radius 2 is 1.84 bits per heavy atom. The SMILES string of the molecule is O=C([C@@H]1[C@H]2C=C[C@]3(CN([C@H](c4ccccc4)c4nnnn4-c4ccc(Cl)cc4)C(=O)[C@@H]13)O2)N1CCOCC1. The van der Waals surface area contributed by atoms with Crippen LogP contribution in [0.1, 0.15) is 17.4 Å². The number of carbonyl (C=O) groups excluding carboxylic acids is 2. The zero-order valence-corrected chi connectivity index (χ0v) is 21.1. The number of benzene rings is 2. The topological polar surface area (TPSA) is 103 Å². The van der Waals surface area contributed by atoms with Gasteiger partial charge in [0.05, 0.1) is 43.4 Å². The average molecular weight is 533 g/mol. The van der Waals surface area contributed by atoms with E-state index >= 15 is 0 Å². The fraction of sp³-hybridized carbons (Fsp3) is 0.370. The Labute approximate surface area is 223 Å². The van der Waals surface area contributed by atoms with E-state index in [-0.39, 0.29) is 11.8 Å². The first-order valence-corrected chi connectivity index (χ1v) is 13.1. The summed E-state index contributed by atoms with van der Waals surface area (Å²) in [5, 5.41) is 13.2. The molecule has 0 radical (unpaired) electrons. The number of aromatic nitrogens is 4. The zero-order valence-electron chi connectivity index (χ0n) is 20.4. The van der Waals surface area contributed by atoms with Gasteiger partial charge in [0.25, 0.3) is 0 Å². The lowest BCUT2D eigenvalue weighted by atomic mass is 9.76. The van der Waals surface area contributed by atoms with Gasteiger partial charge in [0.15, 0.2) is 5.82 Å². The highest BCUT2D eigenvalue weighted by Crippen LogP contribution is 2.54. The van der Waals surface area contributed by atoms with Crippen LogP contribution in [0.15, 0.2) is 66.7 Å². The monoisotopic (exact) mass is 532 g/mol. The molecule has 0 unspecified atom stereocenters. The molecule has 10 nitrogen and oxygen atoms in total. The molecule has 2 aromatic carbocycles. The van der Waals surface area contributed by atoms with Gasteiger partial charge in [0.2, 0.25) is 11.8 Å². The molecule has 1 aromatic heterocycles. The molecule has 3 aromatic rings. The summed E-state index contributed by atoms with van der Waals surface area (Å²) in [7, 11) is 0. The van der Waals surface area contributed by atoms with Crippen LogP contribution in [0.3, 0.4) is 0 Å². The van der Waals surface area contributed by atoms with E-state index < -0.39 is 29.6 Å². The first-order chi connectivity index (χ1) is 18.6. The van der Waals surface area contributed by atoms with Gasteiger partial charge in [-0.3, -0.25) is 9.59 Å². The van der Waals surface area contributed by atoms with Crippen molar-refractivity contribution >= 4 is 23.4 Å². The molecule has 194 valence electrons. The fourth-order valence-corrected chi connectivity index (χ4v) is 6.38. The Morgan fingerprint density at radius 1 is 1.08 bits per heavy atom. The first kappa shape index (κ1) is 23.5. The van der Waals surface area contributed by atoms with Crippen molar-refractivity contribution in [3.63, 3.8) is 0 Å². The number of hydrogen-bond donors (Lipinski definition) is 0. The molecule has 7 rings (SSSR count). The van der Waals surface area contributed by atoms with Crippen LogP contribution >= 0.6 is 11.6 Å². The molecular weight excluding hydrogens is 508 g/mol. The van der Waals surface area contributed by atoms with E-state index in [1.165, 1.54) is 0 Å². The largest absolute Gasteiger partial charge is 0.378 e. The van der Waals surface area contributed by atoms with E-state index in [0.717, 1.165) is 11.3 Å². The molecule has 0 N–H and O–H groups in total. The summed E-state index contributed by atoms with van der Waals surface area (Å²) in [5.74, 6) is -0.883. The Balaban J connectivity index is 1.28. The minimum Gasteiger partial charge on any atom is -0.378 e. The van der Waals surface area contributed by atoms with E-state index in [9.17, 15) is 9.59 Å². The molecule has 5 heterocycles. The number of fused-ring (bicyclic) bond motifs is 1. The Morgan fingerprint density at radius 3 is 2.61 bits per heavy atom. The van der Waals surface area contributed by atoms with E-state index in [1.54, 1.807) is 26.6 Å². The van der Waals surface area contributed by atoms with Crippen molar-refractivity contribution in [2.24, 2.45) is 11.8 Å². The summed E-state index contributed by atoms with van der Waals surface area (Å²) < 4.78 is 13.5. The number of halogens is 1. The number of tetrazole rings is 1. The highest BCUT2D eigenvalue weighted by Gasteiger charge is 2.68. The Bertz CT molecular complexity index is 1410. The molecule has 0 saturated carbocycles. The van der Waals surface area contributed by atoms with Crippen molar-refractivity contribution < 1.29 is 19.1 Å². The molecule has 4 aliphatic rings. The van der Waals surface area contributed by atoms with Gasteiger partial charge in [-0.2, -0.15) is 4.68 Å². The van der Waals surface area contributed by atoms with Crippen LogP contribution < -0.4 is 0 Å². The highest BCUT2D eigenvalue weighted by molar-refractivity contribution is 6.30. The molecule has 3 saturated heterocycles. The van der Waals surface area contributed by atoms with Gasteiger partial charge in [0.1, 0.15) is 11.6 Å². The van der Waals surface area contributed by atoms with Crippen LogP contribution in [0.5, 0.6) is 0 Å². The van der Waals surface area contributed by atoms with Crippen LogP contribution in [0, 0.1) is 11.8 Å². The summed E-state index contributed by atoms with van der Waals surface area (Å²) in [4.78, 5) is 31.5. The normalized spacial score (nSPS) is 28.7. The predicted octanol–water partition coefficient (Wildman–Crippen LogP) is 2.05. The van der Waals surface area contributed by atoms with Gasteiger partial charge in [-0.1, -0.05) is 54.1 Å². The summed E-state index contributed by atoms with van der Waals surface area (Å²) in [6, 6.07) is 16.3. The van der Waals surface area contributed by atoms with Crippen LogP contribution in [0.4, 0.5) is 0 Å². The smallest absolute Gasteiger partial charge is 0.230 e. The van der Waals surface area contributed by atoms with Crippen molar-refractivity contribution in [2.75, 3.05) is 32.8 Å². The Kier molecular flexibility index (Phi) is 5.57. The maximum Gasteiger partial charge on any atom is 0.230 e. The van der Waals surface area contributed by atoms with Gasteiger partial charge in [-0.05, 0) is 40.3 Å². The van der Waals surface area contributed by atoms with Gasteiger partial charge in [-0.15, -0.1) is 5.10 Å². The van der Waals surface area contributed by atoms with E-state index in [0.29, 0.717) is 43.7 Å². The lowest BCUT2D eigenvalue weighted by molar-refractivity contribution is -0.146. The third kappa shape index (κ3) is 3.58. The van der Waals surface area contributed by atoms with Gasteiger partial charge >= 0.3 is 0 Å². The molecule has 38 heavy (non-hydrogen) atoms. The number of hydrogen-bond acceptors (Lipinski definition) is 7. The zero-order chi connectivity index (χ0) is 25.9. The third-order valence-electron chi connectivity index (χ3n) is 7.97. The molecule has 2 amide bonds. The number of rotatable bonds is 5. The van der Waals surface area contributed by atoms with Crippen molar-refractivity contribution in [2.45, 2.75) is 17.7 Å². The van der Waals surface area contributed by atoms with Crippen molar-refractivity contribution in [3.8, 4) is 5.69 Å². The summed E-state index contributed by atoms with van der Waals surface area (Å²) in [5.41, 5.74) is 0.717. The van der Waals surface area contributed by atoms with Gasteiger partial charge in [-0.25, -0.2) is 0 Å².